The highest BCUT2D eigenvalue weighted by Crippen LogP contribution is 2.57. The zero-order valence-corrected chi connectivity index (χ0v) is 9.94. The summed E-state index contributed by atoms with van der Waals surface area (Å²) in [5.41, 5.74) is 0. The molecule has 2 aliphatic rings. The maximum atomic E-state index is 11.5. The van der Waals surface area contributed by atoms with E-state index in [9.17, 15) is 15.0 Å². The molecule has 0 spiro atoms. The largest absolute Gasteiger partial charge is 0.534 e. The maximum Gasteiger partial charge on any atom is 0.534 e. The Labute approximate surface area is 104 Å². The normalized spacial score (nSPS) is 32.9. The number of rotatable bonds is 2. The van der Waals surface area contributed by atoms with Crippen LogP contribution in [-0.4, -0.2) is 27.2 Å². The summed E-state index contributed by atoms with van der Waals surface area (Å²) in [5, 5.41) is 18.6. The summed E-state index contributed by atoms with van der Waals surface area (Å²) < 4.78 is 5.77. The molecule has 1 aromatic rings. The number of nitrogens with zero attached hydrogens (tertiary/aromatic N) is 1. The molecular weight excluding hydrogens is 238 g/mol. The second-order valence-corrected chi connectivity index (χ2v) is 5.08. The van der Waals surface area contributed by atoms with E-state index in [4.69, 9.17) is 9.57 Å². The average molecular weight is 253 g/mol. The minimum absolute atomic E-state index is 0.108. The van der Waals surface area contributed by atoms with Gasteiger partial charge in [0, 0.05) is 12.1 Å². The van der Waals surface area contributed by atoms with Crippen molar-refractivity contribution in [3.8, 4) is 11.8 Å². The van der Waals surface area contributed by atoms with Crippen LogP contribution < -0.4 is 4.84 Å². The summed E-state index contributed by atoms with van der Waals surface area (Å²) in [7, 11) is 0. The summed E-state index contributed by atoms with van der Waals surface area (Å²) in [6.45, 7) is 2.21. The fourth-order valence-corrected chi connectivity index (χ4v) is 2.94. The van der Waals surface area contributed by atoms with Gasteiger partial charge in [0.2, 0.25) is 11.8 Å². The van der Waals surface area contributed by atoms with Gasteiger partial charge in [-0.05, 0) is 30.6 Å². The highest BCUT2D eigenvalue weighted by atomic mass is 16.8. The van der Waals surface area contributed by atoms with Crippen LogP contribution in [0.4, 0.5) is 4.79 Å². The number of ether oxygens (including phenoxy) is 1. The molecule has 0 bridgehead atoms. The van der Waals surface area contributed by atoms with Crippen LogP contribution >= 0.6 is 0 Å². The first-order valence-corrected chi connectivity index (χ1v) is 6.05. The zero-order chi connectivity index (χ0) is 12.9. The molecule has 6 nitrogen and oxygen atoms in total. The van der Waals surface area contributed by atoms with E-state index in [2.05, 4.69) is 6.92 Å². The van der Waals surface area contributed by atoms with Gasteiger partial charge in [-0.1, -0.05) is 6.92 Å². The van der Waals surface area contributed by atoms with Gasteiger partial charge in [0.15, 0.2) is 0 Å². The van der Waals surface area contributed by atoms with Crippen LogP contribution in [0.5, 0.6) is 11.8 Å². The van der Waals surface area contributed by atoms with Crippen molar-refractivity contribution in [1.82, 2.24) is 4.73 Å². The van der Waals surface area contributed by atoms with Crippen LogP contribution in [0.25, 0.3) is 0 Å². The molecule has 1 heterocycles. The van der Waals surface area contributed by atoms with E-state index in [0.29, 0.717) is 16.6 Å². The molecule has 18 heavy (non-hydrogen) atoms. The summed E-state index contributed by atoms with van der Waals surface area (Å²) in [4.78, 5) is 16.2. The van der Waals surface area contributed by atoms with Crippen molar-refractivity contribution in [2.75, 3.05) is 0 Å². The van der Waals surface area contributed by atoms with Crippen LogP contribution in [0.15, 0.2) is 12.1 Å². The lowest BCUT2D eigenvalue weighted by atomic mass is 10.1. The van der Waals surface area contributed by atoms with Crippen LogP contribution in [-0.2, 0) is 4.74 Å². The predicted molar refractivity (Wildman–Crippen MR) is 60.0 cm³/mol. The molecule has 2 saturated carbocycles. The summed E-state index contributed by atoms with van der Waals surface area (Å²) >= 11 is 0. The molecule has 0 amide bonds. The zero-order valence-electron chi connectivity index (χ0n) is 9.94. The molecule has 0 radical (unpaired) electrons. The van der Waals surface area contributed by atoms with Gasteiger partial charge >= 0.3 is 6.16 Å². The summed E-state index contributed by atoms with van der Waals surface area (Å²) in [6.07, 6.45) is 0.745. The third kappa shape index (κ3) is 1.77. The van der Waals surface area contributed by atoms with Crippen molar-refractivity contribution in [2.24, 2.45) is 17.8 Å². The first-order valence-electron chi connectivity index (χ1n) is 6.05. The van der Waals surface area contributed by atoms with E-state index in [1.807, 2.05) is 0 Å². The Balaban J connectivity index is 1.54. The van der Waals surface area contributed by atoms with Crippen LogP contribution in [0.2, 0.25) is 0 Å². The average Bonchev–Trinajstić information content (AvgIpc) is 2.67. The minimum atomic E-state index is -0.907. The fourth-order valence-electron chi connectivity index (χ4n) is 2.94. The van der Waals surface area contributed by atoms with Crippen LogP contribution in [0.1, 0.15) is 19.8 Å². The molecule has 1 aromatic heterocycles. The summed E-state index contributed by atoms with van der Waals surface area (Å²) in [5.74, 6) is 1.39. The second kappa shape index (κ2) is 3.83. The second-order valence-electron chi connectivity index (χ2n) is 5.08. The Morgan fingerprint density at radius 1 is 1.28 bits per heavy atom. The molecule has 2 N–H and O–H groups in total. The first-order chi connectivity index (χ1) is 8.56. The SMILES string of the molecule is CC1C2CC(OC(=O)On3c(O)ccc3O)CC12. The van der Waals surface area contributed by atoms with Gasteiger partial charge in [-0.15, -0.1) is 4.73 Å². The smallest absolute Gasteiger partial charge is 0.492 e. The van der Waals surface area contributed by atoms with Crippen molar-refractivity contribution < 1.29 is 24.6 Å². The van der Waals surface area contributed by atoms with Crippen LogP contribution in [0.3, 0.4) is 0 Å². The predicted octanol–water partition coefficient (Wildman–Crippen LogP) is 1.51. The molecular formula is C12H15NO5. The number of aromatic nitrogens is 1. The molecule has 2 aliphatic carbocycles. The van der Waals surface area contributed by atoms with E-state index < -0.39 is 6.16 Å². The molecule has 0 aliphatic heterocycles. The van der Waals surface area contributed by atoms with Crippen molar-refractivity contribution in [2.45, 2.75) is 25.9 Å². The minimum Gasteiger partial charge on any atom is -0.492 e. The number of fused-ring (bicyclic) bond motifs is 1. The number of aromatic hydroxyl groups is 2. The number of hydrogen-bond acceptors (Lipinski definition) is 5. The van der Waals surface area contributed by atoms with Crippen molar-refractivity contribution in [1.29, 1.82) is 0 Å². The van der Waals surface area contributed by atoms with Gasteiger partial charge in [-0.3, -0.25) is 4.84 Å². The lowest BCUT2D eigenvalue weighted by molar-refractivity contribution is 0.00696. The molecule has 6 heteroatoms. The lowest BCUT2D eigenvalue weighted by Crippen LogP contribution is -2.25. The van der Waals surface area contributed by atoms with E-state index >= 15 is 0 Å². The highest BCUT2D eigenvalue weighted by Gasteiger charge is 2.54. The highest BCUT2D eigenvalue weighted by molar-refractivity contribution is 5.61. The quantitative estimate of drug-likeness (QED) is 0.781. The van der Waals surface area contributed by atoms with Gasteiger partial charge < -0.3 is 14.9 Å². The summed E-state index contributed by atoms with van der Waals surface area (Å²) in [6, 6.07) is 2.43. The topological polar surface area (TPSA) is 80.9 Å². The van der Waals surface area contributed by atoms with Crippen molar-refractivity contribution in [3.05, 3.63) is 12.1 Å². The maximum absolute atomic E-state index is 11.5. The van der Waals surface area contributed by atoms with E-state index in [-0.39, 0.29) is 17.9 Å². The molecule has 2 unspecified atom stereocenters. The molecule has 2 atom stereocenters. The Morgan fingerprint density at radius 3 is 2.39 bits per heavy atom. The number of carbonyl (C=O) groups is 1. The van der Waals surface area contributed by atoms with E-state index in [1.165, 1.54) is 12.1 Å². The third-order valence-corrected chi connectivity index (χ3v) is 4.06. The van der Waals surface area contributed by atoms with Crippen LogP contribution in [0, 0.1) is 17.8 Å². The van der Waals surface area contributed by atoms with Gasteiger partial charge in [-0.25, -0.2) is 4.79 Å². The molecule has 3 rings (SSSR count). The molecule has 0 aromatic carbocycles. The third-order valence-electron chi connectivity index (χ3n) is 4.06. The monoisotopic (exact) mass is 253 g/mol. The molecule has 98 valence electrons. The number of carbonyl (C=O) groups excluding carboxylic acids is 1. The lowest BCUT2D eigenvalue weighted by Gasteiger charge is -2.14. The van der Waals surface area contributed by atoms with Gasteiger partial charge in [0.1, 0.15) is 6.10 Å². The van der Waals surface area contributed by atoms with Crippen molar-refractivity contribution >= 4 is 6.16 Å². The standard InChI is InChI=1S/C12H15NO5/c1-6-8-4-7(5-9(6)8)17-12(16)18-13-10(14)2-3-11(13)15/h2-3,6-9,14-15H,4-5H2,1H3. The van der Waals surface area contributed by atoms with Crippen molar-refractivity contribution in [3.63, 3.8) is 0 Å². The van der Waals surface area contributed by atoms with E-state index in [1.54, 1.807) is 0 Å². The number of hydrogen-bond donors (Lipinski definition) is 2. The fraction of sp³-hybridized carbons (Fsp3) is 0.583. The Morgan fingerprint density at radius 2 is 1.83 bits per heavy atom. The van der Waals surface area contributed by atoms with Gasteiger partial charge in [0.05, 0.1) is 0 Å². The molecule has 2 fully saturated rings. The van der Waals surface area contributed by atoms with Gasteiger partial charge in [0.25, 0.3) is 0 Å². The molecule has 0 saturated heterocycles. The van der Waals surface area contributed by atoms with Gasteiger partial charge in [-0.2, -0.15) is 0 Å². The Hall–Kier alpha value is -1.85. The first kappa shape index (κ1) is 11.3. The Kier molecular flexibility index (Phi) is 2.39. The Bertz CT molecular complexity index is 451. The van der Waals surface area contributed by atoms with E-state index in [0.717, 1.165) is 18.8 Å².